The van der Waals surface area contributed by atoms with Gasteiger partial charge >= 0.3 is 5.97 Å². The Kier molecular flexibility index (Phi) is 44.2. The SMILES string of the molecule is CC/C=C/C=C/C=C/CCCCCCCCCC(=O)OC(CCCCCCC/C=C/CCCCCCCC)CC(=O)NC(CO)C(O)CCCCCCCCCCC. The zero-order chi connectivity index (χ0) is 42.4. The summed E-state index contributed by atoms with van der Waals surface area (Å²) in [6.07, 6.45) is 54.6. The molecule has 6 heteroatoms. The predicted octanol–water partition coefficient (Wildman–Crippen LogP) is 14.7. The van der Waals surface area contributed by atoms with E-state index >= 15 is 0 Å². The van der Waals surface area contributed by atoms with E-state index in [1.165, 1.54) is 122 Å². The zero-order valence-corrected chi connectivity index (χ0v) is 38.4. The number of hydrogen-bond donors (Lipinski definition) is 3. The normalized spacial score (nSPS) is 13.7. The van der Waals surface area contributed by atoms with Crippen molar-refractivity contribution in [3.63, 3.8) is 0 Å². The monoisotopic (exact) mass is 814 g/mol. The molecule has 0 rings (SSSR count). The number of rotatable bonds is 44. The van der Waals surface area contributed by atoms with Crippen LogP contribution >= 0.6 is 0 Å². The zero-order valence-electron chi connectivity index (χ0n) is 38.4. The van der Waals surface area contributed by atoms with Crippen LogP contribution in [0.5, 0.6) is 0 Å². The number of amides is 1. The van der Waals surface area contributed by atoms with E-state index < -0.39 is 18.2 Å². The van der Waals surface area contributed by atoms with Crippen molar-refractivity contribution in [3.05, 3.63) is 48.6 Å². The second kappa shape index (κ2) is 45.9. The third kappa shape index (κ3) is 40.6. The Hall–Kier alpha value is -2.18. The average molecular weight is 814 g/mol. The first kappa shape index (κ1) is 55.8. The highest BCUT2D eigenvalue weighted by Crippen LogP contribution is 2.17. The summed E-state index contributed by atoms with van der Waals surface area (Å²) in [5, 5.41) is 23.7. The van der Waals surface area contributed by atoms with Gasteiger partial charge in [0, 0.05) is 6.42 Å². The molecule has 3 atom stereocenters. The van der Waals surface area contributed by atoms with E-state index in [9.17, 15) is 19.8 Å². The Balaban J connectivity index is 4.61. The van der Waals surface area contributed by atoms with Gasteiger partial charge in [0.05, 0.1) is 25.2 Å². The van der Waals surface area contributed by atoms with Crippen LogP contribution in [0.1, 0.15) is 245 Å². The van der Waals surface area contributed by atoms with Gasteiger partial charge in [-0.05, 0) is 70.6 Å². The standard InChI is InChI=1S/C52H95NO5/c1-4-7-10-13-16-19-21-23-25-27-29-32-34-37-40-43-48(46-51(56)53-49(47-54)50(55)44-41-38-35-31-18-15-12-9-6-3)58-52(57)45-42-39-36-33-30-28-26-24-22-20-17-14-11-8-5-2/h8,11,14,17,20,22-23,25,48-50,54-55H,4-7,9-10,12-13,15-16,18-19,21,24,26-47H2,1-3H3,(H,53,56)/b11-8+,17-14+,22-20+,25-23+. The van der Waals surface area contributed by atoms with Gasteiger partial charge in [0.1, 0.15) is 6.10 Å². The summed E-state index contributed by atoms with van der Waals surface area (Å²) in [5.41, 5.74) is 0. The number of nitrogens with one attached hydrogen (secondary N) is 1. The van der Waals surface area contributed by atoms with Gasteiger partial charge in [-0.25, -0.2) is 0 Å². The van der Waals surface area contributed by atoms with Crippen molar-refractivity contribution in [1.82, 2.24) is 5.32 Å². The predicted molar refractivity (Wildman–Crippen MR) is 250 cm³/mol. The third-order valence-corrected chi connectivity index (χ3v) is 11.2. The average Bonchev–Trinajstić information content (AvgIpc) is 3.22. The molecule has 0 aliphatic carbocycles. The van der Waals surface area contributed by atoms with Gasteiger partial charge in [0.2, 0.25) is 5.91 Å². The molecule has 6 nitrogen and oxygen atoms in total. The fourth-order valence-electron chi connectivity index (χ4n) is 7.42. The van der Waals surface area contributed by atoms with Gasteiger partial charge in [-0.15, -0.1) is 0 Å². The van der Waals surface area contributed by atoms with Gasteiger partial charge in [0.15, 0.2) is 0 Å². The van der Waals surface area contributed by atoms with Crippen molar-refractivity contribution in [1.29, 1.82) is 0 Å². The Labute approximate surface area is 359 Å². The van der Waals surface area contributed by atoms with E-state index in [1.807, 2.05) is 0 Å². The molecule has 0 aromatic rings. The van der Waals surface area contributed by atoms with E-state index in [1.54, 1.807) is 0 Å². The first-order valence-electron chi connectivity index (χ1n) is 24.9. The molecule has 0 saturated carbocycles. The molecule has 0 aromatic heterocycles. The van der Waals surface area contributed by atoms with Gasteiger partial charge in [-0.2, -0.15) is 0 Å². The summed E-state index contributed by atoms with van der Waals surface area (Å²) in [6, 6.07) is -0.704. The molecule has 0 fully saturated rings. The van der Waals surface area contributed by atoms with E-state index in [0.29, 0.717) is 19.3 Å². The van der Waals surface area contributed by atoms with Gasteiger partial charge in [0.25, 0.3) is 0 Å². The molecule has 0 spiro atoms. The number of allylic oxidation sites excluding steroid dienone is 8. The molecule has 58 heavy (non-hydrogen) atoms. The number of aliphatic hydroxyl groups excluding tert-OH is 2. The minimum Gasteiger partial charge on any atom is -0.462 e. The highest BCUT2D eigenvalue weighted by atomic mass is 16.5. The van der Waals surface area contributed by atoms with Crippen molar-refractivity contribution < 1.29 is 24.5 Å². The lowest BCUT2D eigenvalue weighted by Crippen LogP contribution is -2.46. The fourth-order valence-corrected chi connectivity index (χ4v) is 7.42. The second-order valence-electron chi connectivity index (χ2n) is 16.9. The third-order valence-electron chi connectivity index (χ3n) is 11.2. The summed E-state index contributed by atoms with van der Waals surface area (Å²) in [4.78, 5) is 26.1. The van der Waals surface area contributed by atoms with E-state index in [2.05, 4.69) is 74.7 Å². The molecule has 3 N–H and O–H groups in total. The second-order valence-corrected chi connectivity index (χ2v) is 16.9. The molecule has 0 heterocycles. The highest BCUT2D eigenvalue weighted by molar-refractivity contribution is 5.77. The number of carbonyl (C=O) groups is 2. The number of carbonyl (C=O) groups excluding carboxylic acids is 2. The summed E-state index contributed by atoms with van der Waals surface area (Å²) in [7, 11) is 0. The van der Waals surface area contributed by atoms with Crippen LogP contribution in [0.4, 0.5) is 0 Å². The molecule has 0 radical (unpaired) electrons. The van der Waals surface area contributed by atoms with Crippen LogP contribution in [-0.2, 0) is 14.3 Å². The molecule has 0 aliphatic heterocycles. The number of aliphatic hydroxyl groups is 2. The molecular weight excluding hydrogens is 719 g/mol. The van der Waals surface area contributed by atoms with Crippen molar-refractivity contribution in [2.75, 3.05) is 6.61 Å². The summed E-state index contributed by atoms with van der Waals surface area (Å²) in [6.45, 7) is 6.33. The van der Waals surface area contributed by atoms with Crippen LogP contribution in [0.3, 0.4) is 0 Å². The molecule has 1 amide bonds. The number of unbranched alkanes of at least 4 members (excludes halogenated alkanes) is 26. The Morgan fingerprint density at radius 1 is 0.517 bits per heavy atom. The van der Waals surface area contributed by atoms with Crippen molar-refractivity contribution in [3.8, 4) is 0 Å². The first-order chi connectivity index (χ1) is 28.5. The van der Waals surface area contributed by atoms with Crippen LogP contribution in [0.2, 0.25) is 0 Å². The van der Waals surface area contributed by atoms with Crippen LogP contribution in [0.25, 0.3) is 0 Å². The largest absolute Gasteiger partial charge is 0.462 e. The van der Waals surface area contributed by atoms with E-state index in [4.69, 9.17) is 4.74 Å². The van der Waals surface area contributed by atoms with Crippen molar-refractivity contribution in [2.45, 2.75) is 264 Å². The smallest absolute Gasteiger partial charge is 0.306 e. The highest BCUT2D eigenvalue weighted by Gasteiger charge is 2.24. The number of esters is 1. The maximum Gasteiger partial charge on any atom is 0.306 e. The number of hydrogen-bond acceptors (Lipinski definition) is 5. The molecule has 0 aromatic carbocycles. The first-order valence-corrected chi connectivity index (χ1v) is 24.9. The maximum absolute atomic E-state index is 13.2. The lowest BCUT2D eigenvalue weighted by molar-refractivity contribution is -0.151. The maximum atomic E-state index is 13.2. The molecule has 0 saturated heterocycles. The van der Waals surface area contributed by atoms with Crippen LogP contribution in [0, 0.1) is 0 Å². The summed E-state index contributed by atoms with van der Waals surface area (Å²) < 4.78 is 5.92. The van der Waals surface area contributed by atoms with Crippen LogP contribution in [-0.4, -0.2) is 46.9 Å². The quantitative estimate of drug-likeness (QED) is 0.0246. The van der Waals surface area contributed by atoms with Crippen molar-refractivity contribution >= 4 is 11.9 Å². The fraction of sp³-hybridized carbons (Fsp3) is 0.808. The number of ether oxygens (including phenoxy) is 1. The van der Waals surface area contributed by atoms with Gasteiger partial charge in [-0.3, -0.25) is 9.59 Å². The lowest BCUT2D eigenvalue weighted by atomic mass is 10.0. The lowest BCUT2D eigenvalue weighted by Gasteiger charge is -2.24. The molecule has 3 unspecified atom stereocenters. The molecular formula is C52H95NO5. The minimum atomic E-state index is -0.790. The van der Waals surface area contributed by atoms with Crippen molar-refractivity contribution in [2.24, 2.45) is 0 Å². The van der Waals surface area contributed by atoms with Gasteiger partial charge < -0.3 is 20.3 Å². The van der Waals surface area contributed by atoms with Crippen LogP contribution < -0.4 is 5.32 Å². The molecule has 0 bridgehead atoms. The van der Waals surface area contributed by atoms with E-state index in [0.717, 1.165) is 77.0 Å². The van der Waals surface area contributed by atoms with Crippen LogP contribution in [0.15, 0.2) is 48.6 Å². The summed E-state index contributed by atoms with van der Waals surface area (Å²) >= 11 is 0. The topological polar surface area (TPSA) is 95.9 Å². The Morgan fingerprint density at radius 2 is 0.948 bits per heavy atom. The Morgan fingerprint density at radius 3 is 1.45 bits per heavy atom. The van der Waals surface area contributed by atoms with E-state index in [-0.39, 0.29) is 24.9 Å². The Bertz CT molecular complexity index is 1000. The summed E-state index contributed by atoms with van der Waals surface area (Å²) in [5.74, 6) is -0.493. The van der Waals surface area contributed by atoms with Gasteiger partial charge in [-0.1, -0.05) is 211 Å². The molecule has 0 aliphatic rings. The minimum absolute atomic E-state index is 0.0672. The molecule has 338 valence electrons.